The molecule has 76 valence electrons. The monoisotopic (exact) mass is 202 g/mol. The molecular formula is C10H10N4O. The quantitative estimate of drug-likeness (QED) is 0.768. The molecule has 0 saturated carbocycles. The van der Waals surface area contributed by atoms with Crippen molar-refractivity contribution >= 4 is 11.5 Å². The van der Waals surface area contributed by atoms with Gasteiger partial charge in [-0.15, -0.1) is 0 Å². The van der Waals surface area contributed by atoms with Crippen LogP contribution in [-0.4, -0.2) is 15.2 Å². The van der Waals surface area contributed by atoms with E-state index in [0.29, 0.717) is 11.5 Å². The molecule has 1 heterocycles. The molecule has 0 aliphatic heterocycles. The predicted octanol–water partition coefficient (Wildman–Crippen LogP) is 1.22. The van der Waals surface area contributed by atoms with Crippen molar-refractivity contribution in [2.75, 3.05) is 5.32 Å². The van der Waals surface area contributed by atoms with Gasteiger partial charge in [-0.2, -0.15) is 10.1 Å². The van der Waals surface area contributed by atoms with Crippen molar-refractivity contribution in [3.63, 3.8) is 0 Å². The first-order chi connectivity index (χ1) is 7.25. The average Bonchev–Trinajstić information content (AvgIpc) is 2.25. The van der Waals surface area contributed by atoms with Gasteiger partial charge in [0.2, 0.25) is 0 Å². The van der Waals surface area contributed by atoms with Crippen molar-refractivity contribution < 1.29 is 0 Å². The molecule has 1 aromatic carbocycles. The number of nitrogens with one attached hydrogen (secondary N) is 2. The lowest BCUT2D eigenvalue weighted by Gasteiger charge is -2.05. The van der Waals surface area contributed by atoms with Crippen LogP contribution in [0.4, 0.5) is 11.5 Å². The topological polar surface area (TPSA) is 70.7 Å². The molecule has 1 aromatic heterocycles. The van der Waals surface area contributed by atoms with E-state index in [0.717, 1.165) is 5.69 Å². The Hall–Kier alpha value is -2.17. The van der Waals surface area contributed by atoms with E-state index in [1.807, 2.05) is 30.3 Å². The second kappa shape index (κ2) is 3.91. The van der Waals surface area contributed by atoms with Gasteiger partial charge >= 0.3 is 5.69 Å². The van der Waals surface area contributed by atoms with Gasteiger partial charge in [0.05, 0.1) is 0 Å². The first-order valence-corrected chi connectivity index (χ1v) is 4.51. The van der Waals surface area contributed by atoms with Gasteiger partial charge in [0.15, 0.2) is 5.82 Å². The van der Waals surface area contributed by atoms with Crippen molar-refractivity contribution in [1.29, 1.82) is 0 Å². The zero-order valence-electron chi connectivity index (χ0n) is 8.19. The van der Waals surface area contributed by atoms with Crippen LogP contribution in [0.3, 0.4) is 0 Å². The fraction of sp³-hybridized carbons (Fsp3) is 0.100. The predicted molar refractivity (Wildman–Crippen MR) is 57.1 cm³/mol. The molecule has 0 spiro atoms. The second-order valence-electron chi connectivity index (χ2n) is 3.07. The first-order valence-electron chi connectivity index (χ1n) is 4.51. The van der Waals surface area contributed by atoms with Gasteiger partial charge < -0.3 is 5.32 Å². The van der Waals surface area contributed by atoms with Gasteiger partial charge in [0, 0.05) is 5.69 Å². The molecule has 0 atom stereocenters. The molecule has 0 saturated heterocycles. The smallest absolute Gasteiger partial charge is 0.338 e. The minimum Gasteiger partial charge on any atom is -0.338 e. The van der Waals surface area contributed by atoms with Crippen LogP contribution in [0.2, 0.25) is 0 Å². The van der Waals surface area contributed by atoms with Crippen molar-refractivity contribution in [3.05, 3.63) is 46.5 Å². The average molecular weight is 202 g/mol. The molecule has 5 heteroatoms. The molecule has 0 amide bonds. The number of aryl methyl sites for hydroxylation is 1. The Morgan fingerprint density at radius 1 is 1.27 bits per heavy atom. The van der Waals surface area contributed by atoms with Gasteiger partial charge in [-0.3, -0.25) is 0 Å². The molecule has 0 aliphatic carbocycles. The summed E-state index contributed by atoms with van der Waals surface area (Å²) in [6.07, 6.45) is 0. The molecule has 0 bridgehead atoms. The zero-order valence-corrected chi connectivity index (χ0v) is 8.19. The van der Waals surface area contributed by atoms with E-state index in [9.17, 15) is 4.79 Å². The lowest BCUT2D eigenvalue weighted by atomic mass is 10.3. The number of hydrogen-bond donors (Lipinski definition) is 2. The number of anilines is 2. The van der Waals surface area contributed by atoms with E-state index in [2.05, 4.69) is 20.5 Å². The maximum atomic E-state index is 11.0. The Kier molecular flexibility index (Phi) is 2.45. The van der Waals surface area contributed by atoms with Gasteiger partial charge in [0.1, 0.15) is 5.69 Å². The van der Waals surface area contributed by atoms with Gasteiger partial charge in [0.25, 0.3) is 0 Å². The SMILES string of the molecule is Cc1n[nH]c(=O)nc1Nc1ccccc1. The lowest BCUT2D eigenvalue weighted by Crippen LogP contribution is -2.15. The van der Waals surface area contributed by atoms with Crippen LogP contribution < -0.4 is 11.0 Å². The van der Waals surface area contributed by atoms with E-state index >= 15 is 0 Å². The third kappa shape index (κ3) is 2.19. The maximum Gasteiger partial charge on any atom is 0.363 e. The third-order valence-electron chi connectivity index (χ3n) is 1.91. The van der Waals surface area contributed by atoms with Crippen LogP contribution in [-0.2, 0) is 0 Å². The summed E-state index contributed by atoms with van der Waals surface area (Å²) in [5, 5.41) is 9.10. The number of rotatable bonds is 2. The van der Waals surface area contributed by atoms with Crippen LogP contribution in [0, 0.1) is 6.92 Å². The largest absolute Gasteiger partial charge is 0.363 e. The third-order valence-corrected chi connectivity index (χ3v) is 1.91. The van der Waals surface area contributed by atoms with Gasteiger partial charge in [-0.1, -0.05) is 18.2 Å². The van der Waals surface area contributed by atoms with Crippen LogP contribution in [0.15, 0.2) is 35.1 Å². The highest BCUT2D eigenvalue weighted by Gasteiger charge is 2.01. The molecule has 2 rings (SSSR count). The summed E-state index contributed by atoms with van der Waals surface area (Å²) in [5.41, 5.74) is 1.07. The van der Waals surface area contributed by atoms with E-state index in [1.54, 1.807) is 6.92 Å². The lowest BCUT2D eigenvalue weighted by molar-refractivity contribution is 0.885. The molecule has 15 heavy (non-hydrogen) atoms. The van der Waals surface area contributed by atoms with Crippen LogP contribution >= 0.6 is 0 Å². The molecule has 2 N–H and O–H groups in total. The van der Waals surface area contributed by atoms with Crippen molar-refractivity contribution in [3.8, 4) is 0 Å². The molecule has 2 aromatic rings. The van der Waals surface area contributed by atoms with Crippen LogP contribution in [0.25, 0.3) is 0 Å². The molecule has 0 radical (unpaired) electrons. The van der Waals surface area contributed by atoms with Crippen molar-refractivity contribution in [2.45, 2.75) is 6.92 Å². The molecule has 0 aliphatic rings. The Morgan fingerprint density at radius 2 is 2.00 bits per heavy atom. The summed E-state index contributed by atoms with van der Waals surface area (Å²) in [4.78, 5) is 14.7. The Morgan fingerprint density at radius 3 is 2.73 bits per heavy atom. The Labute approximate surface area is 86.2 Å². The highest BCUT2D eigenvalue weighted by Crippen LogP contribution is 2.13. The van der Waals surface area contributed by atoms with Gasteiger partial charge in [-0.05, 0) is 19.1 Å². The van der Waals surface area contributed by atoms with E-state index in [1.165, 1.54) is 0 Å². The summed E-state index contributed by atoms with van der Waals surface area (Å²) < 4.78 is 0. The minimum atomic E-state index is -0.459. The Bertz CT molecular complexity index is 506. The van der Waals surface area contributed by atoms with E-state index in [4.69, 9.17) is 0 Å². The fourth-order valence-corrected chi connectivity index (χ4v) is 1.17. The fourth-order valence-electron chi connectivity index (χ4n) is 1.17. The van der Waals surface area contributed by atoms with E-state index < -0.39 is 5.69 Å². The number of hydrogen-bond acceptors (Lipinski definition) is 4. The highest BCUT2D eigenvalue weighted by molar-refractivity contribution is 5.56. The normalized spacial score (nSPS) is 9.93. The molecule has 0 fully saturated rings. The zero-order chi connectivity index (χ0) is 10.7. The van der Waals surface area contributed by atoms with Crippen molar-refractivity contribution in [1.82, 2.24) is 15.2 Å². The number of H-pyrrole nitrogens is 1. The number of nitrogens with zero attached hydrogens (tertiary/aromatic N) is 2. The molecule has 0 unspecified atom stereocenters. The first kappa shape index (κ1) is 9.39. The van der Waals surface area contributed by atoms with Crippen LogP contribution in [0.5, 0.6) is 0 Å². The van der Waals surface area contributed by atoms with Gasteiger partial charge in [-0.25, -0.2) is 9.89 Å². The Balaban J connectivity index is 2.32. The molecular weight excluding hydrogens is 192 g/mol. The maximum absolute atomic E-state index is 11.0. The summed E-state index contributed by atoms with van der Waals surface area (Å²) in [7, 11) is 0. The highest BCUT2D eigenvalue weighted by atomic mass is 16.1. The van der Waals surface area contributed by atoms with Crippen molar-refractivity contribution in [2.24, 2.45) is 0 Å². The second-order valence-corrected chi connectivity index (χ2v) is 3.07. The van der Waals surface area contributed by atoms with Crippen LogP contribution in [0.1, 0.15) is 5.69 Å². The summed E-state index contributed by atoms with van der Waals surface area (Å²) in [5.74, 6) is 0.477. The number of benzene rings is 1. The number of aromatic amines is 1. The standard InChI is InChI=1S/C10H10N4O/c1-7-9(12-10(15)14-13-7)11-8-5-3-2-4-6-8/h2-6H,1H3,(H2,11,12,14,15). The number of para-hydroxylation sites is 1. The summed E-state index contributed by atoms with van der Waals surface area (Å²) in [6.45, 7) is 1.77. The van der Waals surface area contributed by atoms with E-state index in [-0.39, 0.29) is 0 Å². The summed E-state index contributed by atoms with van der Waals surface area (Å²) >= 11 is 0. The summed E-state index contributed by atoms with van der Waals surface area (Å²) in [6, 6.07) is 9.50. The number of aromatic nitrogens is 3. The molecule has 5 nitrogen and oxygen atoms in total. The minimum absolute atomic E-state index is 0.459.